The van der Waals surface area contributed by atoms with Gasteiger partial charge in [-0.1, -0.05) is 33.1 Å². The van der Waals surface area contributed by atoms with Crippen LogP contribution in [-0.4, -0.2) is 73.6 Å². The van der Waals surface area contributed by atoms with E-state index in [1.165, 1.54) is 6.42 Å². The van der Waals surface area contributed by atoms with Gasteiger partial charge in [-0.05, 0) is 42.9 Å². The van der Waals surface area contributed by atoms with Gasteiger partial charge in [0.25, 0.3) is 0 Å². The lowest BCUT2D eigenvalue weighted by Crippen LogP contribution is -2.66. The molecule has 200 valence electrons. The van der Waals surface area contributed by atoms with E-state index >= 15 is 0 Å². The summed E-state index contributed by atoms with van der Waals surface area (Å²) in [4.78, 5) is 43.3. The molecule has 0 radical (unpaired) electrons. The standard InChI is InChI=1S/C27H42N4O5/c1-18(2)11-24-26(33)30(16-19-12-22(35-4)15-23(13-19)36-5)17-21(14-25(32)28-3)31(24)27(34)29-20-9-7-6-8-10-20/h12-13,15,18,20-21,24H,6-11,14,16-17H2,1-5H3,(H,28,32)(H,29,34)/t21-,24+/m1/s1. The molecule has 1 saturated heterocycles. The van der Waals surface area contributed by atoms with Gasteiger partial charge in [0.15, 0.2) is 0 Å². The van der Waals surface area contributed by atoms with Gasteiger partial charge >= 0.3 is 6.03 Å². The van der Waals surface area contributed by atoms with Gasteiger partial charge < -0.3 is 29.9 Å². The zero-order chi connectivity index (χ0) is 26.2. The Morgan fingerprint density at radius 3 is 2.25 bits per heavy atom. The number of amides is 4. The predicted octanol–water partition coefficient (Wildman–Crippen LogP) is 3.31. The van der Waals surface area contributed by atoms with Crippen LogP contribution in [0.15, 0.2) is 18.2 Å². The zero-order valence-electron chi connectivity index (χ0n) is 22.3. The number of methoxy groups -OCH3 is 2. The third kappa shape index (κ3) is 7.04. The number of hydrogen-bond donors (Lipinski definition) is 2. The van der Waals surface area contributed by atoms with E-state index in [1.807, 2.05) is 26.0 Å². The largest absolute Gasteiger partial charge is 0.497 e. The van der Waals surface area contributed by atoms with Crippen molar-refractivity contribution in [1.29, 1.82) is 0 Å². The Kier molecular flexibility index (Phi) is 9.84. The van der Waals surface area contributed by atoms with Crippen molar-refractivity contribution in [3.63, 3.8) is 0 Å². The molecule has 1 saturated carbocycles. The van der Waals surface area contributed by atoms with Crippen molar-refractivity contribution in [2.24, 2.45) is 5.92 Å². The topological polar surface area (TPSA) is 100 Å². The molecule has 1 aromatic rings. The van der Waals surface area contributed by atoms with Gasteiger partial charge in [-0.25, -0.2) is 4.79 Å². The first-order valence-electron chi connectivity index (χ1n) is 13.1. The van der Waals surface area contributed by atoms with Gasteiger partial charge in [-0.15, -0.1) is 0 Å². The van der Waals surface area contributed by atoms with Gasteiger partial charge in [-0.2, -0.15) is 0 Å². The maximum absolute atomic E-state index is 13.8. The van der Waals surface area contributed by atoms with Gasteiger partial charge in [0, 0.05) is 38.7 Å². The summed E-state index contributed by atoms with van der Waals surface area (Å²) < 4.78 is 10.8. The Morgan fingerprint density at radius 2 is 1.69 bits per heavy atom. The molecule has 1 aliphatic carbocycles. The van der Waals surface area contributed by atoms with E-state index in [0.29, 0.717) is 24.5 Å². The van der Waals surface area contributed by atoms with Crippen molar-refractivity contribution in [3.05, 3.63) is 23.8 Å². The summed E-state index contributed by atoms with van der Waals surface area (Å²) in [6, 6.07) is 4.36. The fourth-order valence-electron chi connectivity index (χ4n) is 5.28. The number of carbonyl (C=O) groups excluding carboxylic acids is 3. The summed E-state index contributed by atoms with van der Waals surface area (Å²) in [6.07, 6.45) is 5.94. The molecule has 0 unspecified atom stereocenters. The van der Waals surface area contributed by atoms with Gasteiger partial charge in [0.2, 0.25) is 11.8 Å². The summed E-state index contributed by atoms with van der Waals surface area (Å²) >= 11 is 0. The summed E-state index contributed by atoms with van der Waals surface area (Å²) in [5.41, 5.74) is 0.863. The number of benzene rings is 1. The second kappa shape index (κ2) is 12.8. The number of urea groups is 1. The minimum atomic E-state index is -0.635. The minimum absolute atomic E-state index is 0.0996. The smallest absolute Gasteiger partial charge is 0.318 e. The number of carbonyl (C=O) groups is 3. The number of hydrogen-bond acceptors (Lipinski definition) is 5. The van der Waals surface area contributed by atoms with Crippen LogP contribution < -0.4 is 20.1 Å². The number of rotatable bonds is 9. The molecule has 2 aliphatic rings. The quantitative estimate of drug-likeness (QED) is 0.540. The monoisotopic (exact) mass is 502 g/mol. The molecule has 1 aromatic carbocycles. The molecule has 0 bridgehead atoms. The maximum Gasteiger partial charge on any atom is 0.318 e. The molecule has 3 rings (SSSR count). The van der Waals surface area contributed by atoms with Crippen molar-refractivity contribution < 1.29 is 23.9 Å². The normalized spacial score (nSPS) is 20.9. The van der Waals surface area contributed by atoms with Crippen molar-refractivity contribution >= 4 is 17.8 Å². The second-order valence-corrected chi connectivity index (χ2v) is 10.3. The number of piperazine rings is 1. The fraction of sp³-hybridized carbons (Fsp3) is 0.667. The first kappa shape index (κ1) is 27.6. The number of ether oxygens (including phenoxy) is 2. The molecule has 0 spiro atoms. The molecule has 1 heterocycles. The molecule has 0 aromatic heterocycles. The molecule has 2 N–H and O–H groups in total. The van der Waals surface area contributed by atoms with Crippen LogP contribution >= 0.6 is 0 Å². The lowest BCUT2D eigenvalue weighted by molar-refractivity contribution is -0.145. The third-order valence-electron chi connectivity index (χ3n) is 7.10. The zero-order valence-corrected chi connectivity index (χ0v) is 22.3. The molecular formula is C27H42N4O5. The van der Waals surface area contributed by atoms with E-state index in [9.17, 15) is 14.4 Å². The fourth-order valence-corrected chi connectivity index (χ4v) is 5.28. The Labute approximate surface area is 214 Å². The van der Waals surface area contributed by atoms with Crippen LogP contribution in [0.25, 0.3) is 0 Å². The molecule has 2 fully saturated rings. The van der Waals surface area contributed by atoms with Crippen molar-refractivity contribution in [1.82, 2.24) is 20.4 Å². The highest BCUT2D eigenvalue weighted by Gasteiger charge is 2.44. The van der Waals surface area contributed by atoms with E-state index < -0.39 is 12.1 Å². The molecule has 9 nitrogen and oxygen atoms in total. The van der Waals surface area contributed by atoms with Crippen LogP contribution in [0.5, 0.6) is 11.5 Å². The van der Waals surface area contributed by atoms with Crippen LogP contribution in [0.1, 0.15) is 64.4 Å². The van der Waals surface area contributed by atoms with Gasteiger partial charge in [-0.3, -0.25) is 9.59 Å². The summed E-state index contributed by atoms with van der Waals surface area (Å²) in [5, 5.41) is 5.86. The van der Waals surface area contributed by atoms with E-state index in [4.69, 9.17) is 9.47 Å². The Hall–Kier alpha value is -2.97. The minimum Gasteiger partial charge on any atom is -0.497 e. The van der Waals surface area contributed by atoms with Crippen LogP contribution in [-0.2, 0) is 16.1 Å². The van der Waals surface area contributed by atoms with E-state index in [2.05, 4.69) is 10.6 Å². The Morgan fingerprint density at radius 1 is 1.06 bits per heavy atom. The van der Waals surface area contributed by atoms with Crippen molar-refractivity contribution in [2.75, 3.05) is 27.8 Å². The SMILES string of the molecule is CNC(=O)C[C@@H]1CN(Cc2cc(OC)cc(OC)c2)C(=O)[C@H](CC(C)C)N1C(=O)NC1CCCCC1. The second-order valence-electron chi connectivity index (χ2n) is 10.3. The third-order valence-corrected chi connectivity index (χ3v) is 7.10. The lowest BCUT2D eigenvalue weighted by Gasteiger charge is -2.47. The van der Waals surface area contributed by atoms with E-state index in [-0.39, 0.29) is 42.8 Å². The summed E-state index contributed by atoms with van der Waals surface area (Å²) in [7, 11) is 4.77. The first-order chi connectivity index (χ1) is 17.2. The number of nitrogens with zero attached hydrogens (tertiary/aromatic N) is 2. The average molecular weight is 503 g/mol. The Bertz CT molecular complexity index is 893. The van der Waals surface area contributed by atoms with E-state index in [0.717, 1.165) is 31.2 Å². The summed E-state index contributed by atoms with van der Waals surface area (Å²) in [5.74, 6) is 1.22. The van der Waals surface area contributed by atoms with Crippen molar-refractivity contribution in [3.8, 4) is 11.5 Å². The van der Waals surface area contributed by atoms with Crippen LogP contribution in [0, 0.1) is 5.92 Å². The van der Waals surface area contributed by atoms with E-state index in [1.54, 1.807) is 37.1 Å². The average Bonchev–Trinajstić information content (AvgIpc) is 2.86. The van der Waals surface area contributed by atoms with Gasteiger partial charge in [0.1, 0.15) is 17.5 Å². The molecule has 36 heavy (non-hydrogen) atoms. The van der Waals surface area contributed by atoms with Crippen molar-refractivity contribution in [2.45, 2.75) is 83.5 Å². The van der Waals surface area contributed by atoms with Gasteiger partial charge in [0.05, 0.1) is 20.3 Å². The molecule has 9 heteroatoms. The Balaban J connectivity index is 1.90. The maximum atomic E-state index is 13.8. The van der Waals surface area contributed by atoms with Crippen LogP contribution in [0.2, 0.25) is 0 Å². The highest BCUT2D eigenvalue weighted by molar-refractivity contribution is 5.89. The molecule has 4 amide bonds. The molecule has 1 aliphatic heterocycles. The molecule has 2 atom stereocenters. The molecular weight excluding hydrogens is 460 g/mol. The summed E-state index contributed by atoms with van der Waals surface area (Å²) in [6.45, 7) is 4.70. The lowest BCUT2D eigenvalue weighted by atomic mass is 9.93. The van der Waals surface area contributed by atoms with Crippen LogP contribution in [0.3, 0.4) is 0 Å². The van der Waals surface area contributed by atoms with Crippen LogP contribution in [0.4, 0.5) is 4.79 Å². The first-order valence-corrected chi connectivity index (χ1v) is 13.1. The highest BCUT2D eigenvalue weighted by Crippen LogP contribution is 2.29. The highest BCUT2D eigenvalue weighted by atomic mass is 16.5. The number of nitrogens with one attached hydrogen (secondary N) is 2. The predicted molar refractivity (Wildman–Crippen MR) is 138 cm³/mol.